The third kappa shape index (κ3) is 2.76. The van der Waals surface area contributed by atoms with E-state index in [1.807, 2.05) is 42.2 Å². The minimum absolute atomic E-state index is 0.0951. The summed E-state index contributed by atoms with van der Waals surface area (Å²) in [6.07, 6.45) is 3.10. The number of benzene rings is 1. The number of nitrogens with two attached hydrogens (primary N) is 1. The van der Waals surface area contributed by atoms with Crippen molar-refractivity contribution in [2.24, 2.45) is 5.73 Å². The molecular weight excluding hydrogens is 278 g/mol. The lowest BCUT2D eigenvalue weighted by atomic mass is 10.0. The summed E-state index contributed by atoms with van der Waals surface area (Å²) in [6, 6.07) is 9.72. The molecule has 5 heteroatoms. The first-order valence-electron chi connectivity index (χ1n) is 7.74. The second-order valence-electron chi connectivity index (χ2n) is 5.68. The Kier molecular flexibility index (Phi) is 4.24. The molecule has 0 saturated carbocycles. The first-order chi connectivity index (χ1) is 10.7. The predicted molar refractivity (Wildman–Crippen MR) is 84.4 cm³/mol. The van der Waals surface area contributed by atoms with Gasteiger partial charge in [-0.3, -0.25) is 4.79 Å². The Bertz CT molecular complexity index is 651. The van der Waals surface area contributed by atoms with Gasteiger partial charge in [0.05, 0.1) is 5.69 Å². The summed E-state index contributed by atoms with van der Waals surface area (Å²) in [6.45, 7) is 3.04. The lowest BCUT2D eigenvalue weighted by Crippen LogP contribution is -2.47. The van der Waals surface area contributed by atoms with Crippen molar-refractivity contribution in [1.82, 2.24) is 9.88 Å². The molecular formula is C17H21N3O2. The molecule has 1 amide bonds. The van der Waals surface area contributed by atoms with Gasteiger partial charge in [0.2, 0.25) is 11.7 Å². The quantitative estimate of drug-likeness (QED) is 0.945. The van der Waals surface area contributed by atoms with Crippen LogP contribution in [0.2, 0.25) is 0 Å². The van der Waals surface area contributed by atoms with Crippen LogP contribution >= 0.6 is 0 Å². The van der Waals surface area contributed by atoms with Crippen LogP contribution in [0.1, 0.15) is 35.5 Å². The van der Waals surface area contributed by atoms with E-state index < -0.39 is 0 Å². The summed E-state index contributed by atoms with van der Waals surface area (Å²) in [4.78, 5) is 19.0. The van der Waals surface area contributed by atoms with E-state index in [2.05, 4.69) is 4.98 Å². The smallest absolute Gasteiger partial charge is 0.291 e. The molecule has 116 valence electrons. The molecule has 1 unspecified atom stereocenters. The monoisotopic (exact) mass is 299 g/mol. The van der Waals surface area contributed by atoms with E-state index in [-0.39, 0.29) is 11.9 Å². The third-order valence-electron chi connectivity index (χ3n) is 4.17. The highest BCUT2D eigenvalue weighted by atomic mass is 16.4. The number of carbonyl (C=O) groups is 1. The van der Waals surface area contributed by atoms with Gasteiger partial charge in [0.15, 0.2) is 0 Å². The molecule has 1 aromatic heterocycles. The normalized spacial score (nSPS) is 18.5. The molecule has 0 spiro atoms. The summed E-state index contributed by atoms with van der Waals surface area (Å²) in [5, 5.41) is 0. The van der Waals surface area contributed by atoms with Crippen LogP contribution in [0.5, 0.6) is 0 Å². The van der Waals surface area contributed by atoms with Crippen molar-refractivity contribution in [3.05, 3.63) is 41.8 Å². The lowest BCUT2D eigenvalue weighted by Gasteiger charge is -2.34. The third-order valence-corrected chi connectivity index (χ3v) is 4.17. The van der Waals surface area contributed by atoms with E-state index in [4.69, 9.17) is 10.2 Å². The molecule has 0 radical (unpaired) electrons. The van der Waals surface area contributed by atoms with Crippen LogP contribution in [0, 0.1) is 6.92 Å². The number of rotatable bonds is 3. The fourth-order valence-corrected chi connectivity index (χ4v) is 2.94. The maximum absolute atomic E-state index is 12.8. The van der Waals surface area contributed by atoms with E-state index >= 15 is 0 Å². The number of hydrogen-bond acceptors (Lipinski definition) is 4. The molecule has 0 bridgehead atoms. The van der Waals surface area contributed by atoms with E-state index in [0.717, 1.165) is 31.4 Å². The molecule has 1 aliphatic heterocycles. The first-order valence-corrected chi connectivity index (χ1v) is 7.74. The maximum atomic E-state index is 12.8. The Morgan fingerprint density at radius 2 is 2.14 bits per heavy atom. The van der Waals surface area contributed by atoms with Crippen molar-refractivity contribution in [3.8, 4) is 11.5 Å². The number of aryl methyl sites for hydroxylation is 1. The first kappa shape index (κ1) is 14.8. The van der Waals surface area contributed by atoms with E-state index in [9.17, 15) is 4.79 Å². The SMILES string of the molecule is Cc1nc(-c2ccccc2)oc1C(=O)N1CCCCC1CN. The van der Waals surface area contributed by atoms with Gasteiger partial charge in [0, 0.05) is 24.7 Å². The lowest BCUT2D eigenvalue weighted by molar-refractivity contribution is 0.0590. The Hall–Kier alpha value is -2.14. The number of hydrogen-bond donors (Lipinski definition) is 1. The van der Waals surface area contributed by atoms with Gasteiger partial charge in [-0.2, -0.15) is 0 Å². The van der Waals surface area contributed by atoms with Gasteiger partial charge in [0.1, 0.15) is 0 Å². The molecule has 1 aliphatic rings. The fraction of sp³-hybridized carbons (Fsp3) is 0.412. The number of aromatic nitrogens is 1. The predicted octanol–water partition coefficient (Wildman–Crippen LogP) is 2.60. The summed E-state index contributed by atoms with van der Waals surface area (Å²) in [5.41, 5.74) is 7.31. The second kappa shape index (κ2) is 6.32. The van der Waals surface area contributed by atoms with Crippen molar-refractivity contribution in [3.63, 3.8) is 0 Å². The van der Waals surface area contributed by atoms with Gasteiger partial charge < -0.3 is 15.1 Å². The van der Waals surface area contributed by atoms with Crippen molar-refractivity contribution in [2.45, 2.75) is 32.2 Å². The van der Waals surface area contributed by atoms with Crippen LogP contribution in [-0.4, -0.2) is 34.9 Å². The van der Waals surface area contributed by atoms with Crippen LogP contribution < -0.4 is 5.73 Å². The Morgan fingerprint density at radius 1 is 1.36 bits per heavy atom. The van der Waals surface area contributed by atoms with Gasteiger partial charge >= 0.3 is 0 Å². The van der Waals surface area contributed by atoms with Crippen LogP contribution in [0.25, 0.3) is 11.5 Å². The van der Waals surface area contributed by atoms with Crippen molar-refractivity contribution in [2.75, 3.05) is 13.1 Å². The highest BCUT2D eigenvalue weighted by Gasteiger charge is 2.30. The average molecular weight is 299 g/mol. The van der Waals surface area contributed by atoms with E-state index in [1.165, 1.54) is 0 Å². The zero-order valence-electron chi connectivity index (χ0n) is 12.8. The molecule has 2 heterocycles. The van der Waals surface area contributed by atoms with Gasteiger partial charge in [-0.25, -0.2) is 4.98 Å². The van der Waals surface area contributed by atoms with Crippen LogP contribution in [-0.2, 0) is 0 Å². The van der Waals surface area contributed by atoms with Crippen molar-refractivity contribution < 1.29 is 9.21 Å². The fourth-order valence-electron chi connectivity index (χ4n) is 2.94. The molecule has 1 saturated heterocycles. The molecule has 1 aromatic carbocycles. The number of amides is 1. The molecule has 1 fully saturated rings. The molecule has 1 atom stereocenters. The number of carbonyl (C=O) groups excluding carboxylic acids is 1. The summed E-state index contributed by atoms with van der Waals surface area (Å²) in [5.74, 6) is 0.726. The Labute approximate surface area is 130 Å². The maximum Gasteiger partial charge on any atom is 0.291 e. The molecule has 22 heavy (non-hydrogen) atoms. The average Bonchev–Trinajstić information content (AvgIpc) is 2.97. The zero-order valence-corrected chi connectivity index (χ0v) is 12.8. The zero-order chi connectivity index (χ0) is 15.5. The standard InChI is InChI=1S/C17H21N3O2/c1-12-15(17(21)20-10-6-5-9-14(20)11-18)22-16(19-12)13-7-3-2-4-8-13/h2-4,7-8,14H,5-6,9-11,18H2,1H3. The Balaban J connectivity index is 1.88. The van der Waals surface area contributed by atoms with E-state index in [1.54, 1.807) is 0 Å². The van der Waals surface area contributed by atoms with Crippen molar-refractivity contribution >= 4 is 5.91 Å². The molecule has 2 aromatic rings. The van der Waals surface area contributed by atoms with Gasteiger partial charge in [-0.1, -0.05) is 18.2 Å². The minimum Gasteiger partial charge on any atom is -0.431 e. The van der Waals surface area contributed by atoms with Gasteiger partial charge in [-0.15, -0.1) is 0 Å². The van der Waals surface area contributed by atoms with Crippen LogP contribution in [0.3, 0.4) is 0 Å². The minimum atomic E-state index is -0.0951. The van der Waals surface area contributed by atoms with E-state index in [0.29, 0.717) is 23.9 Å². The number of likely N-dealkylation sites (tertiary alicyclic amines) is 1. The number of oxazole rings is 1. The molecule has 0 aliphatic carbocycles. The summed E-state index contributed by atoms with van der Waals surface area (Å²) in [7, 11) is 0. The second-order valence-corrected chi connectivity index (χ2v) is 5.68. The highest BCUT2D eigenvalue weighted by molar-refractivity contribution is 5.93. The summed E-state index contributed by atoms with van der Waals surface area (Å²) < 4.78 is 5.77. The van der Waals surface area contributed by atoms with Gasteiger partial charge in [-0.05, 0) is 38.3 Å². The number of nitrogens with zero attached hydrogens (tertiary/aromatic N) is 2. The van der Waals surface area contributed by atoms with Crippen LogP contribution in [0.15, 0.2) is 34.7 Å². The molecule has 2 N–H and O–H groups in total. The topological polar surface area (TPSA) is 72.4 Å². The largest absolute Gasteiger partial charge is 0.431 e. The van der Waals surface area contributed by atoms with Gasteiger partial charge in [0.25, 0.3) is 5.91 Å². The number of piperidine rings is 1. The van der Waals surface area contributed by atoms with Crippen LogP contribution in [0.4, 0.5) is 0 Å². The Morgan fingerprint density at radius 3 is 2.86 bits per heavy atom. The molecule has 5 nitrogen and oxygen atoms in total. The molecule has 3 rings (SSSR count). The highest BCUT2D eigenvalue weighted by Crippen LogP contribution is 2.25. The van der Waals surface area contributed by atoms with Crippen molar-refractivity contribution in [1.29, 1.82) is 0 Å². The summed E-state index contributed by atoms with van der Waals surface area (Å²) >= 11 is 0.